The molecule has 2 aromatic carbocycles. The van der Waals surface area contributed by atoms with Crippen LogP contribution in [0.1, 0.15) is 11.1 Å². The standard InChI is InChI=1S/C29H38N4O6/c1-23-16-30-33(17-23)13-14-38-27-15-24(9-10-26(27)37-3)18-31-11-12-32(28(34)19-36-2)21-29(35,20-31)22-39-25-7-5-4-6-8-25/h4-10,15-17,35H,11-14,18-22H2,1-3H3/t29-/m1/s1. The minimum absolute atomic E-state index is 0.0348. The summed E-state index contributed by atoms with van der Waals surface area (Å²) >= 11 is 0. The molecule has 0 saturated carbocycles. The van der Waals surface area contributed by atoms with Gasteiger partial charge in [0, 0.05) is 39.5 Å². The van der Waals surface area contributed by atoms with Gasteiger partial charge in [0.25, 0.3) is 0 Å². The number of carbonyl (C=O) groups excluding carboxylic acids is 1. The maximum Gasteiger partial charge on any atom is 0.248 e. The molecule has 10 nitrogen and oxygen atoms in total. The summed E-state index contributed by atoms with van der Waals surface area (Å²) in [6, 6.07) is 15.2. The monoisotopic (exact) mass is 538 g/mol. The van der Waals surface area contributed by atoms with Crippen molar-refractivity contribution in [2.75, 3.05) is 60.2 Å². The molecule has 1 aliphatic rings. The summed E-state index contributed by atoms with van der Waals surface area (Å²) in [5.41, 5.74) is 0.830. The Labute approximate surface area is 229 Å². The Hall–Kier alpha value is -3.60. The fourth-order valence-corrected chi connectivity index (χ4v) is 4.66. The summed E-state index contributed by atoms with van der Waals surface area (Å²) in [5.74, 6) is 1.80. The Bertz CT molecular complexity index is 1200. The van der Waals surface area contributed by atoms with E-state index in [4.69, 9.17) is 18.9 Å². The molecule has 1 aliphatic heterocycles. The normalized spacial score (nSPS) is 18.0. The van der Waals surface area contributed by atoms with Crippen molar-refractivity contribution in [3.63, 3.8) is 0 Å². The fourth-order valence-electron chi connectivity index (χ4n) is 4.66. The number of hydrogen-bond acceptors (Lipinski definition) is 8. The third kappa shape index (κ3) is 8.19. The lowest BCUT2D eigenvalue weighted by molar-refractivity contribution is -0.138. The maximum absolute atomic E-state index is 12.7. The quantitative estimate of drug-likeness (QED) is 0.375. The van der Waals surface area contributed by atoms with Gasteiger partial charge in [-0.2, -0.15) is 5.10 Å². The number of amides is 1. The molecule has 1 fully saturated rings. The van der Waals surface area contributed by atoms with Gasteiger partial charge < -0.3 is 29.0 Å². The Morgan fingerprint density at radius 1 is 1.05 bits per heavy atom. The Morgan fingerprint density at radius 2 is 1.87 bits per heavy atom. The number of nitrogens with zero attached hydrogens (tertiary/aromatic N) is 4. The summed E-state index contributed by atoms with van der Waals surface area (Å²) in [5, 5.41) is 16.0. The van der Waals surface area contributed by atoms with Crippen molar-refractivity contribution in [2.45, 2.75) is 25.6 Å². The van der Waals surface area contributed by atoms with Crippen LogP contribution in [0.4, 0.5) is 0 Å². The van der Waals surface area contributed by atoms with E-state index in [2.05, 4.69) is 10.00 Å². The summed E-state index contributed by atoms with van der Waals surface area (Å²) < 4.78 is 24.4. The van der Waals surface area contributed by atoms with Gasteiger partial charge in [-0.15, -0.1) is 0 Å². The highest BCUT2D eigenvalue weighted by atomic mass is 16.5. The van der Waals surface area contributed by atoms with E-state index in [1.165, 1.54) is 7.11 Å². The minimum Gasteiger partial charge on any atom is -0.493 e. The van der Waals surface area contributed by atoms with Crippen LogP contribution in [0.3, 0.4) is 0 Å². The van der Waals surface area contributed by atoms with Gasteiger partial charge in [-0.25, -0.2) is 0 Å². The summed E-state index contributed by atoms with van der Waals surface area (Å²) in [6.45, 7) is 5.17. The molecule has 1 atom stereocenters. The first-order chi connectivity index (χ1) is 18.9. The first-order valence-corrected chi connectivity index (χ1v) is 13.1. The van der Waals surface area contributed by atoms with Crippen molar-refractivity contribution < 1.29 is 28.8 Å². The number of aryl methyl sites for hydroxylation is 1. The lowest BCUT2D eigenvalue weighted by Gasteiger charge is -2.33. The molecule has 1 aromatic heterocycles. The van der Waals surface area contributed by atoms with E-state index in [0.29, 0.717) is 56.6 Å². The largest absolute Gasteiger partial charge is 0.493 e. The van der Waals surface area contributed by atoms with Gasteiger partial charge in [-0.3, -0.25) is 14.4 Å². The smallest absolute Gasteiger partial charge is 0.248 e. The van der Waals surface area contributed by atoms with Crippen molar-refractivity contribution >= 4 is 5.91 Å². The first-order valence-electron chi connectivity index (χ1n) is 13.1. The third-order valence-electron chi connectivity index (χ3n) is 6.53. The van der Waals surface area contributed by atoms with Crippen LogP contribution in [0, 0.1) is 6.92 Å². The van der Waals surface area contributed by atoms with Crippen LogP contribution < -0.4 is 14.2 Å². The van der Waals surface area contributed by atoms with Crippen molar-refractivity contribution in [1.82, 2.24) is 19.6 Å². The summed E-state index contributed by atoms with van der Waals surface area (Å²) in [7, 11) is 3.11. The van der Waals surface area contributed by atoms with E-state index < -0.39 is 5.60 Å². The van der Waals surface area contributed by atoms with E-state index in [-0.39, 0.29) is 25.7 Å². The fraction of sp³-hybridized carbons (Fsp3) is 0.448. The molecule has 10 heteroatoms. The van der Waals surface area contributed by atoms with E-state index in [0.717, 1.165) is 11.1 Å². The number of hydrogen-bond donors (Lipinski definition) is 1. The van der Waals surface area contributed by atoms with Gasteiger partial charge in [-0.1, -0.05) is 24.3 Å². The zero-order valence-corrected chi connectivity index (χ0v) is 22.9. The molecule has 1 amide bonds. The third-order valence-corrected chi connectivity index (χ3v) is 6.53. The van der Waals surface area contributed by atoms with Gasteiger partial charge in [0.15, 0.2) is 11.5 Å². The summed E-state index contributed by atoms with van der Waals surface area (Å²) in [6.07, 6.45) is 3.79. The van der Waals surface area contributed by atoms with Crippen LogP contribution in [-0.4, -0.2) is 96.4 Å². The van der Waals surface area contributed by atoms with Crippen LogP contribution in [0.5, 0.6) is 17.2 Å². The van der Waals surface area contributed by atoms with Crippen molar-refractivity contribution in [2.24, 2.45) is 0 Å². The molecular formula is C29H38N4O6. The van der Waals surface area contributed by atoms with Crippen molar-refractivity contribution in [1.29, 1.82) is 0 Å². The second kappa shape index (κ2) is 13.5. The Kier molecular flexibility index (Phi) is 9.80. The zero-order valence-electron chi connectivity index (χ0n) is 22.9. The number of carbonyl (C=O) groups is 1. The SMILES string of the molecule is COCC(=O)N1CCN(Cc2ccc(OC)c(OCCn3cc(C)cn3)c2)C[C@](O)(COc2ccccc2)C1. The van der Waals surface area contributed by atoms with Crippen molar-refractivity contribution in [3.05, 3.63) is 72.1 Å². The second-order valence-corrected chi connectivity index (χ2v) is 9.90. The molecular weight excluding hydrogens is 500 g/mol. The highest BCUT2D eigenvalue weighted by molar-refractivity contribution is 5.77. The van der Waals surface area contributed by atoms with Crippen LogP contribution in [-0.2, 0) is 22.6 Å². The van der Waals surface area contributed by atoms with E-state index in [1.54, 1.807) is 12.0 Å². The molecule has 210 valence electrons. The number of ether oxygens (including phenoxy) is 4. The van der Waals surface area contributed by atoms with E-state index in [1.807, 2.05) is 72.5 Å². The second-order valence-electron chi connectivity index (χ2n) is 9.90. The highest BCUT2D eigenvalue weighted by Crippen LogP contribution is 2.29. The predicted molar refractivity (Wildman–Crippen MR) is 146 cm³/mol. The molecule has 1 N–H and O–H groups in total. The molecule has 39 heavy (non-hydrogen) atoms. The van der Waals surface area contributed by atoms with Gasteiger partial charge in [0.2, 0.25) is 5.91 Å². The molecule has 0 aliphatic carbocycles. The molecule has 0 bridgehead atoms. The van der Waals surface area contributed by atoms with E-state index >= 15 is 0 Å². The molecule has 3 aromatic rings. The summed E-state index contributed by atoms with van der Waals surface area (Å²) in [4.78, 5) is 16.5. The maximum atomic E-state index is 12.7. The number of para-hydroxylation sites is 1. The highest BCUT2D eigenvalue weighted by Gasteiger charge is 2.37. The van der Waals surface area contributed by atoms with Crippen molar-refractivity contribution in [3.8, 4) is 17.2 Å². The Balaban J connectivity index is 1.45. The van der Waals surface area contributed by atoms with Gasteiger partial charge in [0.05, 0.1) is 26.4 Å². The molecule has 0 radical (unpaired) electrons. The number of aromatic nitrogens is 2. The van der Waals surface area contributed by atoms with Gasteiger partial charge in [0.1, 0.15) is 31.2 Å². The average molecular weight is 539 g/mol. The Morgan fingerprint density at radius 3 is 2.59 bits per heavy atom. The van der Waals surface area contributed by atoms with Crippen LogP contribution in [0.2, 0.25) is 0 Å². The number of rotatable bonds is 12. The minimum atomic E-state index is -1.27. The number of β-amino-alcohol motifs (C(OH)–C–C–N with tert-alkyl or cyclic N) is 1. The van der Waals surface area contributed by atoms with Crippen LogP contribution in [0.25, 0.3) is 0 Å². The average Bonchev–Trinajstić information content (AvgIpc) is 3.27. The molecule has 2 heterocycles. The molecule has 1 saturated heterocycles. The van der Waals surface area contributed by atoms with Crippen LogP contribution in [0.15, 0.2) is 60.9 Å². The first kappa shape index (κ1) is 28.4. The molecule has 0 unspecified atom stereocenters. The number of aliphatic hydroxyl groups is 1. The number of methoxy groups -OCH3 is 2. The zero-order chi connectivity index (χ0) is 27.7. The van der Waals surface area contributed by atoms with Gasteiger partial charge >= 0.3 is 0 Å². The molecule has 0 spiro atoms. The number of benzene rings is 2. The topological polar surface area (TPSA) is 98.5 Å². The van der Waals surface area contributed by atoms with Gasteiger partial charge in [-0.05, 0) is 42.3 Å². The van der Waals surface area contributed by atoms with E-state index in [9.17, 15) is 9.90 Å². The molecule has 4 rings (SSSR count). The predicted octanol–water partition coefficient (Wildman–Crippen LogP) is 2.38. The lowest BCUT2D eigenvalue weighted by Crippen LogP contribution is -2.52. The van der Waals surface area contributed by atoms with Crippen LogP contribution >= 0.6 is 0 Å². The lowest BCUT2D eigenvalue weighted by atomic mass is 10.0.